The highest BCUT2D eigenvalue weighted by Crippen LogP contribution is 2.29. The number of hydrogen-bond donors (Lipinski definition) is 3. The lowest BCUT2D eigenvalue weighted by Crippen LogP contribution is -2.12. The number of ether oxygens (including phenoxy) is 3. The van der Waals surface area contributed by atoms with Gasteiger partial charge in [0.2, 0.25) is 0 Å². The molecule has 0 radical (unpaired) electrons. The minimum atomic E-state index is -0.286. The first kappa shape index (κ1) is 27.2. The molecule has 1 aromatic heterocycles. The third-order valence-corrected chi connectivity index (χ3v) is 6.30. The molecule has 0 aliphatic heterocycles. The number of nitrogens with zero attached hydrogens (tertiary/aromatic N) is 1. The molecule has 0 spiro atoms. The Balaban J connectivity index is 1.60. The lowest BCUT2D eigenvalue weighted by atomic mass is 10.0. The number of pyridine rings is 1. The first-order valence-corrected chi connectivity index (χ1v) is 12.4. The summed E-state index contributed by atoms with van der Waals surface area (Å²) in [4.78, 5) is 17.9. The van der Waals surface area contributed by atoms with Crippen LogP contribution in [0.1, 0.15) is 34.0 Å². The maximum absolute atomic E-state index is 13.0. The number of aromatic nitrogens is 1. The van der Waals surface area contributed by atoms with Gasteiger partial charge in [0.25, 0.3) is 5.91 Å². The van der Waals surface area contributed by atoms with Crippen LogP contribution in [-0.2, 0) is 6.54 Å². The number of nitrogens with one attached hydrogen (secondary N) is 3. The predicted octanol–water partition coefficient (Wildman–Crippen LogP) is 6.33. The smallest absolute Gasteiger partial charge is 0.255 e. The summed E-state index contributed by atoms with van der Waals surface area (Å²) in [6.45, 7) is 4.28. The monoisotopic (exact) mass is 524 g/mol. The highest BCUT2D eigenvalue weighted by atomic mass is 16.5. The molecule has 1 heterocycles. The molecule has 0 saturated heterocycles. The lowest BCUT2D eigenvalue weighted by molar-refractivity contribution is 0.102. The van der Waals surface area contributed by atoms with Crippen molar-refractivity contribution in [3.05, 3.63) is 95.1 Å². The van der Waals surface area contributed by atoms with E-state index in [2.05, 4.69) is 10.6 Å². The quantitative estimate of drug-likeness (QED) is 0.209. The van der Waals surface area contributed by atoms with Crippen LogP contribution in [0.5, 0.6) is 17.2 Å². The van der Waals surface area contributed by atoms with E-state index in [1.807, 2.05) is 61.5 Å². The van der Waals surface area contributed by atoms with Crippen molar-refractivity contribution in [1.82, 2.24) is 4.98 Å². The molecule has 8 nitrogen and oxygen atoms in total. The number of amides is 1. The normalized spacial score (nSPS) is 10.5. The Labute approximate surface area is 228 Å². The maximum atomic E-state index is 13.0. The summed E-state index contributed by atoms with van der Waals surface area (Å²) in [7, 11) is 4.72. The molecule has 200 valence electrons. The summed E-state index contributed by atoms with van der Waals surface area (Å²) in [6.07, 6.45) is 0. The second kappa shape index (κ2) is 12.1. The molecule has 39 heavy (non-hydrogen) atoms. The fourth-order valence-corrected chi connectivity index (χ4v) is 4.09. The molecule has 0 fully saturated rings. The van der Waals surface area contributed by atoms with Crippen LogP contribution in [0.15, 0.2) is 72.8 Å². The maximum Gasteiger partial charge on any atom is 0.255 e. The largest absolute Gasteiger partial charge is 0.497 e. The molecular weight excluding hydrogens is 492 g/mol. The van der Waals surface area contributed by atoms with E-state index >= 15 is 0 Å². The van der Waals surface area contributed by atoms with Gasteiger partial charge in [-0.05, 0) is 73.5 Å². The van der Waals surface area contributed by atoms with Crippen molar-refractivity contribution in [2.75, 3.05) is 32.0 Å². The molecule has 3 N–H and O–H groups in total. The second-order valence-corrected chi connectivity index (χ2v) is 9.00. The van der Waals surface area contributed by atoms with E-state index < -0.39 is 0 Å². The summed E-state index contributed by atoms with van der Waals surface area (Å²) in [5, 5.41) is 14.6. The number of anilines is 2. The number of carbonyl (C=O) groups is 1. The minimum Gasteiger partial charge on any atom is -0.497 e. The Hall–Kier alpha value is -4.85. The minimum absolute atomic E-state index is 0.286. The van der Waals surface area contributed by atoms with Crippen LogP contribution in [0, 0.1) is 12.3 Å². The molecule has 4 rings (SSSR count). The van der Waals surface area contributed by atoms with Gasteiger partial charge < -0.3 is 30.3 Å². The molecule has 0 saturated carbocycles. The number of carbonyl (C=O) groups excluding carboxylic acids is 1. The zero-order valence-electron chi connectivity index (χ0n) is 22.7. The number of methoxy groups -OCH3 is 3. The number of rotatable bonds is 10. The zero-order valence-corrected chi connectivity index (χ0v) is 22.7. The summed E-state index contributed by atoms with van der Waals surface area (Å²) >= 11 is 0. The fourth-order valence-electron chi connectivity index (χ4n) is 4.09. The lowest BCUT2D eigenvalue weighted by Gasteiger charge is -2.15. The van der Waals surface area contributed by atoms with Crippen molar-refractivity contribution in [2.45, 2.75) is 20.4 Å². The van der Waals surface area contributed by atoms with E-state index in [9.17, 15) is 4.79 Å². The van der Waals surface area contributed by atoms with E-state index in [0.29, 0.717) is 40.8 Å². The van der Waals surface area contributed by atoms with Crippen LogP contribution in [0.4, 0.5) is 11.5 Å². The summed E-state index contributed by atoms with van der Waals surface area (Å²) in [5.41, 5.74) is 5.85. The van der Waals surface area contributed by atoms with Gasteiger partial charge in [-0.2, -0.15) is 0 Å². The van der Waals surface area contributed by atoms with Crippen LogP contribution in [0.3, 0.4) is 0 Å². The first-order chi connectivity index (χ1) is 18.8. The van der Waals surface area contributed by atoms with Crippen LogP contribution in [0.25, 0.3) is 11.3 Å². The fraction of sp³-hybridized carbons (Fsp3) is 0.194. The van der Waals surface area contributed by atoms with E-state index in [4.69, 9.17) is 24.6 Å². The standard InChI is InChI=1S/C31H32N4O4/c1-19-6-9-23(34-31(36)22-14-25(38-4)17-26(15-22)39-5)16-28(19)29-13-12-27(20(2)32)30(35-29)33-18-21-7-10-24(37-3)11-8-21/h6-17,32H,18H2,1-5H3,(H,33,35)(H,34,36). The molecule has 3 aromatic carbocycles. The van der Waals surface area contributed by atoms with Gasteiger partial charge in [0, 0.05) is 40.7 Å². The molecule has 0 aliphatic rings. The number of aryl methyl sites for hydroxylation is 1. The highest BCUT2D eigenvalue weighted by Gasteiger charge is 2.14. The zero-order chi connectivity index (χ0) is 27.9. The van der Waals surface area contributed by atoms with Gasteiger partial charge in [-0.15, -0.1) is 0 Å². The van der Waals surface area contributed by atoms with Crippen molar-refractivity contribution in [1.29, 1.82) is 5.41 Å². The van der Waals surface area contributed by atoms with Crippen LogP contribution in [-0.4, -0.2) is 37.9 Å². The topological polar surface area (TPSA) is 106 Å². The summed E-state index contributed by atoms with van der Waals surface area (Å²) < 4.78 is 15.8. The van der Waals surface area contributed by atoms with E-state index in [1.165, 1.54) is 0 Å². The van der Waals surface area contributed by atoms with Gasteiger partial charge in [0.05, 0.1) is 27.0 Å². The molecule has 0 aliphatic carbocycles. The molecular formula is C31H32N4O4. The second-order valence-electron chi connectivity index (χ2n) is 9.00. The Morgan fingerprint density at radius 1 is 0.846 bits per heavy atom. The molecule has 0 atom stereocenters. The Morgan fingerprint density at radius 3 is 2.13 bits per heavy atom. The Bertz CT molecular complexity index is 1480. The predicted molar refractivity (Wildman–Crippen MR) is 155 cm³/mol. The van der Waals surface area contributed by atoms with Crippen molar-refractivity contribution in [3.63, 3.8) is 0 Å². The van der Waals surface area contributed by atoms with Crippen LogP contribution >= 0.6 is 0 Å². The third kappa shape index (κ3) is 6.54. The average Bonchev–Trinajstić information content (AvgIpc) is 2.96. The van der Waals surface area contributed by atoms with Gasteiger partial charge in [0.1, 0.15) is 23.1 Å². The van der Waals surface area contributed by atoms with Crippen molar-refractivity contribution < 1.29 is 19.0 Å². The van der Waals surface area contributed by atoms with Gasteiger partial charge in [0.15, 0.2) is 0 Å². The Kier molecular flexibility index (Phi) is 8.46. The molecule has 8 heteroatoms. The van der Waals surface area contributed by atoms with E-state index in [0.717, 1.165) is 33.7 Å². The van der Waals surface area contributed by atoms with Crippen molar-refractivity contribution >= 4 is 23.1 Å². The van der Waals surface area contributed by atoms with Gasteiger partial charge in [-0.1, -0.05) is 18.2 Å². The molecule has 0 bridgehead atoms. The highest BCUT2D eigenvalue weighted by molar-refractivity contribution is 6.05. The summed E-state index contributed by atoms with van der Waals surface area (Å²) in [5.74, 6) is 2.19. The SMILES string of the molecule is COc1ccc(CNc2nc(-c3cc(NC(=O)c4cc(OC)cc(OC)c4)ccc3C)ccc2C(C)=N)cc1. The van der Waals surface area contributed by atoms with E-state index in [1.54, 1.807) is 46.5 Å². The molecule has 0 unspecified atom stereocenters. The third-order valence-electron chi connectivity index (χ3n) is 6.30. The van der Waals surface area contributed by atoms with Gasteiger partial charge in [-0.3, -0.25) is 4.79 Å². The van der Waals surface area contributed by atoms with Crippen LogP contribution < -0.4 is 24.8 Å². The average molecular weight is 525 g/mol. The molecule has 1 amide bonds. The van der Waals surface area contributed by atoms with Gasteiger partial charge in [-0.25, -0.2) is 4.98 Å². The summed E-state index contributed by atoms with van der Waals surface area (Å²) in [6, 6.07) is 22.3. The van der Waals surface area contributed by atoms with Crippen molar-refractivity contribution in [2.24, 2.45) is 0 Å². The van der Waals surface area contributed by atoms with E-state index in [-0.39, 0.29) is 5.91 Å². The van der Waals surface area contributed by atoms with Gasteiger partial charge >= 0.3 is 0 Å². The van der Waals surface area contributed by atoms with Crippen LogP contribution in [0.2, 0.25) is 0 Å². The first-order valence-electron chi connectivity index (χ1n) is 12.4. The Morgan fingerprint density at radius 2 is 1.51 bits per heavy atom. The number of hydrogen-bond acceptors (Lipinski definition) is 7. The van der Waals surface area contributed by atoms with Crippen molar-refractivity contribution in [3.8, 4) is 28.5 Å². The number of benzene rings is 3. The molecule has 4 aromatic rings.